The maximum atomic E-state index is 13.0. The highest BCUT2D eigenvalue weighted by Gasteiger charge is 2.01. The third-order valence-electron chi connectivity index (χ3n) is 4.04. The zero-order valence-corrected chi connectivity index (χ0v) is 19.4. The number of nitrogens with zero attached hydrogens (tertiary/aromatic N) is 1. The van der Waals surface area contributed by atoms with Crippen LogP contribution >= 0.6 is 24.0 Å². The normalized spacial score (nSPS) is 10.9. The molecule has 0 aliphatic heterocycles. The minimum absolute atomic E-state index is 0. The van der Waals surface area contributed by atoms with E-state index in [4.69, 9.17) is 9.47 Å². The van der Waals surface area contributed by atoms with Gasteiger partial charge in [0, 0.05) is 33.2 Å². The fraction of sp³-hybridized carbons (Fsp3) is 0.409. The predicted octanol–water partition coefficient (Wildman–Crippen LogP) is 4.16. The summed E-state index contributed by atoms with van der Waals surface area (Å²) in [6.45, 7) is 5.42. The Morgan fingerprint density at radius 1 is 1.03 bits per heavy atom. The van der Waals surface area contributed by atoms with Crippen LogP contribution < -0.4 is 15.4 Å². The number of halogens is 2. The van der Waals surface area contributed by atoms with Gasteiger partial charge < -0.3 is 20.1 Å². The summed E-state index contributed by atoms with van der Waals surface area (Å²) in [6, 6.07) is 14.6. The highest BCUT2D eigenvalue weighted by Crippen LogP contribution is 2.14. The average molecular weight is 515 g/mol. The van der Waals surface area contributed by atoms with E-state index in [9.17, 15) is 4.39 Å². The first-order chi connectivity index (χ1) is 13.7. The molecule has 0 radical (unpaired) electrons. The van der Waals surface area contributed by atoms with E-state index in [1.165, 1.54) is 12.1 Å². The number of aliphatic imine (C=N–C) groups is 1. The second kappa shape index (κ2) is 15.0. The van der Waals surface area contributed by atoms with Crippen LogP contribution in [0.2, 0.25) is 0 Å². The molecule has 0 heterocycles. The zero-order valence-electron chi connectivity index (χ0n) is 17.1. The van der Waals surface area contributed by atoms with Gasteiger partial charge in [0.2, 0.25) is 0 Å². The largest absolute Gasteiger partial charge is 0.493 e. The minimum Gasteiger partial charge on any atom is -0.493 e. The molecule has 0 saturated carbocycles. The second-order valence-electron chi connectivity index (χ2n) is 6.34. The zero-order chi connectivity index (χ0) is 20.0. The first-order valence-corrected chi connectivity index (χ1v) is 9.68. The number of hydrogen-bond donors (Lipinski definition) is 2. The summed E-state index contributed by atoms with van der Waals surface area (Å²) in [4.78, 5) is 4.64. The smallest absolute Gasteiger partial charge is 0.191 e. The van der Waals surface area contributed by atoms with Crippen molar-refractivity contribution < 1.29 is 13.9 Å². The Kier molecular flexibility index (Phi) is 13.0. The van der Waals surface area contributed by atoms with Crippen LogP contribution in [0, 0.1) is 5.82 Å². The first kappa shape index (κ1) is 25.2. The lowest BCUT2D eigenvalue weighted by Crippen LogP contribution is -2.38. The fourth-order valence-corrected chi connectivity index (χ4v) is 2.62. The molecule has 0 aromatic heterocycles. The summed E-state index contributed by atoms with van der Waals surface area (Å²) in [5.41, 5.74) is 2.17. The van der Waals surface area contributed by atoms with Crippen molar-refractivity contribution in [3.63, 3.8) is 0 Å². The van der Waals surface area contributed by atoms with Crippen LogP contribution in [-0.4, -0.2) is 39.4 Å². The van der Waals surface area contributed by atoms with Gasteiger partial charge in [-0.25, -0.2) is 9.38 Å². The fourth-order valence-electron chi connectivity index (χ4n) is 2.62. The van der Waals surface area contributed by atoms with Gasteiger partial charge in [-0.15, -0.1) is 24.0 Å². The number of guanidine groups is 1. The van der Waals surface area contributed by atoms with E-state index < -0.39 is 0 Å². The summed E-state index contributed by atoms with van der Waals surface area (Å²) < 4.78 is 23.7. The summed E-state index contributed by atoms with van der Waals surface area (Å²) in [5, 5.41) is 6.56. The van der Waals surface area contributed by atoms with Crippen molar-refractivity contribution in [3.8, 4) is 5.75 Å². The minimum atomic E-state index is -0.212. The Labute approximate surface area is 190 Å². The number of rotatable bonds is 11. The van der Waals surface area contributed by atoms with Crippen LogP contribution in [0.1, 0.15) is 24.5 Å². The summed E-state index contributed by atoms with van der Waals surface area (Å²) in [7, 11) is 1.69. The molecule has 29 heavy (non-hydrogen) atoms. The SMILES string of the molecule is CCNC(=NCc1cccc(OCCCOC)c1)NCCc1ccc(F)cc1.I. The van der Waals surface area contributed by atoms with Crippen LogP contribution in [0.4, 0.5) is 4.39 Å². The Morgan fingerprint density at radius 3 is 2.55 bits per heavy atom. The Bertz CT molecular complexity index is 726. The molecule has 2 N–H and O–H groups in total. The third-order valence-corrected chi connectivity index (χ3v) is 4.04. The van der Waals surface area contributed by atoms with Crippen LogP contribution in [-0.2, 0) is 17.7 Å². The van der Waals surface area contributed by atoms with Crippen molar-refractivity contribution in [1.82, 2.24) is 10.6 Å². The number of benzene rings is 2. The lowest BCUT2D eigenvalue weighted by atomic mass is 10.1. The Hall–Kier alpha value is -1.87. The van der Waals surface area contributed by atoms with E-state index in [2.05, 4.69) is 15.6 Å². The van der Waals surface area contributed by atoms with Gasteiger partial charge in [0.1, 0.15) is 11.6 Å². The molecule has 0 unspecified atom stereocenters. The molecule has 2 aromatic carbocycles. The summed E-state index contributed by atoms with van der Waals surface area (Å²) >= 11 is 0. The van der Waals surface area contributed by atoms with Gasteiger partial charge in [-0.3, -0.25) is 0 Å². The molecule has 2 aromatic rings. The monoisotopic (exact) mass is 515 g/mol. The first-order valence-electron chi connectivity index (χ1n) is 9.68. The van der Waals surface area contributed by atoms with Crippen LogP contribution in [0.15, 0.2) is 53.5 Å². The maximum absolute atomic E-state index is 13.0. The quantitative estimate of drug-likeness (QED) is 0.204. The third kappa shape index (κ3) is 10.5. The van der Waals surface area contributed by atoms with Crippen molar-refractivity contribution in [3.05, 3.63) is 65.5 Å². The topological polar surface area (TPSA) is 54.9 Å². The molecule has 160 valence electrons. The highest BCUT2D eigenvalue weighted by atomic mass is 127. The summed E-state index contributed by atoms with van der Waals surface area (Å²) in [5.74, 6) is 1.39. The van der Waals surface area contributed by atoms with E-state index in [1.54, 1.807) is 19.2 Å². The molecule has 5 nitrogen and oxygen atoms in total. The number of methoxy groups -OCH3 is 1. The molecule has 0 atom stereocenters. The predicted molar refractivity (Wildman–Crippen MR) is 127 cm³/mol. The average Bonchev–Trinajstić information content (AvgIpc) is 2.71. The van der Waals surface area contributed by atoms with Gasteiger partial charge in [0.25, 0.3) is 0 Å². The molecule has 0 saturated heterocycles. The molecule has 0 aliphatic carbocycles. The van der Waals surface area contributed by atoms with E-state index in [1.807, 2.05) is 31.2 Å². The van der Waals surface area contributed by atoms with Crippen molar-refractivity contribution in [2.24, 2.45) is 4.99 Å². The Balaban J connectivity index is 0.00000420. The van der Waals surface area contributed by atoms with E-state index >= 15 is 0 Å². The van der Waals surface area contributed by atoms with Crippen molar-refractivity contribution in [2.45, 2.75) is 26.3 Å². The number of hydrogen-bond acceptors (Lipinski definition) is 3. The van der Waals surface area contributed by atoms with Gasteiger partial charge in [0.05, 0.1) is 13.2 Å². The standard InChI is InChI=1S/C22H30FN3O2.HI/c1-3-24-22(25-13-12-18-8-10-20(23)11-9-18)26-17-19-6-4-7-21(16-19)28-15-5-14-27-2;/h4,6-11,16H,3,5,12-15,17H2,1-2H3,(H2,24,25,26);1H. The van der Waals surface area contributed by atoms with E-state index in [0.717, 1.165) is 48.8 Å². The van der Waals surface area contributed by atoms with Gasteiger partial charge in [0.15, 0.2) is 5.96 Å². The van der Waals surface area contributed by atoms with Crippen molar-refractivity contribution >= 4 is 29.9 Å². The maximum Gasteiger partial charge on any atom is 0.191 e. The van der Waals surface area contributed by atoms with Crippen LogP contribution in [0.25, 0.3) is 0 Å². The molecular formula is C22H31FIN3O2. The van der Waals surface area contributed by atoms with Gasteiger partial charge >= 0.3 is 0 Å². The van der Waals surface area contributed by atoms with Crippen molar-refractivity contribution in [2.75, 3.05) is 33.4 Å². The lowest BCUT2D eigenvalue weighted by Gasteiger charge is -2.12. The Morgan fingerprint density at radius 2 is 1.83 bits per heavy atom. The summed E-state index contributed by atoms with van der Waals surface area (Å²) in [6.07, 6.45) is 1.66. The van der Waals surface area contributed by atoms with E-state index in [-0.39, 0.29) is 29.8 Å². The number of ether oxygens (including phenoxy) is 2. The number of nitrogens with one attached hydrogen (secondary N) is 2. The molecular weight excluding hydrogens is 484 g/mol. The van der Waals surface area contributed by atoms with Gasteiger partial charge in [-0.1, -0.05) is 24.3 Å². The van der Waals surface area contributed by atoms with Gasteiger partial charge in [-0.2, -0.15) is 0 Å². The molecule has 7 heteroatoms. The van der Waals surface area contributed by atoms with Crippen LogP contribution in [0.3, 0.4) is 0 Å². The van der Waals surface area contributed by atoms with Crippen LogP contribution in [0.5, 0.6) is 5.75 Å². The molecule has 0 bridgehead atoms. The lowest BCUT2D eigenvalue weighted by molar-refractivity contribution is 0.172. The van der Waals surface area contributed by atoms with E-state index in [0.29, 0.717) is 19.8 Å². The second-order valence-corrected chi connectivity index (χ2v) is 6.34. The molecule has 0 amide bonds. The molecule has 2 rings (SSSR count). The van der Waals surface area contributed by atoms with Crippen molar-refractivity contribution in [1.29, 1.82) is 0 Å². The highest BCUT2D eigenvalue weighted by molar-refractivity contribution is 14.0. The molecule has 0 fully saturated rings. The van der Waals surface area contributed by atoms with Gasteiger partial charge in [-0.05, 0) is 48.7 Å². The molecule has 0 aliphatic rings. The molecule has 0 spiro atoms.